The molecule has 12 nitrogen and oxygen atoms in total. The standard InChI is InChI=1S/C59H63FN8O4S/c1-39(48-12-10-30-62-56(48)68(36-42-17-25-46(71-6)26-18-42)37-43-19-27-47(72-7)28-20-43)66(3)57-51-38-65(2)59(32-53(51)63-58(64-57)73-8)29-9-11-49-52(60)31-54(50(33-61)55(49)59)67(34-40-13-21-44(69-4)22-14-40)35-41-15-23-45(70-5)24-16-41/h10,12-28,30-31,39H,9,11,29,32,34-38H2,1-8H3/t39-,59?/m1/s1. The highest BCUT2D eigenvalue weighted by molar-refractivity contribution is 7.98. The number of nitrogens with zero attached hydrogens (tertiary/aromatic N) is 8. The molecule has 1 unspecified atom stereocenters. The highest BCUT2D eigenvalue weighted by Gasteiger charge is 2.48. The highest BCUT2D eigenvalue weighted by Crippen LogP contribution is 2.51. The van der Waals surface area contributed by atoms with Gasteiger partial charge in [-0.2, -0.15) is 5.26 Å². The third-order valence-corrected chi connectivity index (χ3v) is 15.3. The van der Waals surface area contributed by atoms with Crippen LogP contribution in [0.25, 0.3) is 0 Å². The SMILES string of the molecule is COc1ccc(CN(Cc2ccc(OC)cc2)c2cc(F)c3c(c2C#N)C2(CCC3)Cc3nc(SC)nc(N(C)[C@H](C)c4cccnc4N(Cc4ccc(OC)cc4)Cc4ccc(OC)cc4)c3CN2C)cc1. The van der Waals surface area contributed by atoms with Gasteiger partial charge in [-0.1, -0.05) is 66.4 Å². The lowest BCUT2D eigenvalue weighted by Gasteiger charge is -2.50. The second-order valence-electron chi connectivity index (χ2n) is 18.9. The highest BCUT2D eigenvalue weighted by atomic mass is 32.2. The van der Waals surface area contributed by atoms with E-state index in [-0.39, 0.29) is 11.9 Å². The van der Waals surface area contributed by atoms with Gasteiger partial charge in [0.1, 0.15) is 46.5 Å². The van der Waals surface area contributed by atoms with Gasteiger partial charge in [-0.3, -0.25) is 4.90 Å². The molecule has 3 heterocycles. The summed E-state index contributed by atoms with van der Waals surface area (Å²) < 4.78 is 39.1. The van der Waals surface area contributed by atoms with E-state index in [2.05, 4.69) is 77.0 Å². The van der Waals surface area contributed by atoms with E-state index in [1.807, 2.05) is 91.3 Å². The Hall–Kier alpha value is -7.34. The lowest BCUT2D eigenvalue weighted by Crippen LogP contribution is -2.51. The van der Waals surface area contributed by atoms with Crippen molar-refractivity contribution in [3.05, 3.63) is 183 Å². The van der Waals surface area contributed by atoms with Crippen LogP contribution in [0.5, 0.6) is 23.0 Å². The first-order valence-corrected chi connectivity index (χ1v) is 25.8. The molecule has 2 atom stereocenters. The van der Waals surface area contributed by atoms with Crippen LogP contribution in [0, 0.1) is 17.1 Å². The molecular weight excluding hydrogens is 936 g/mol. The van der Waals surface area contributed by atoms with Crippen molar-refractivity contribution in [3.63, 3.8) is 0 Å². The molecule has 5 aromatic carbocycles. The average Bonchev–Trinajstić information content (AvgIpc) is 3.43. The lowest BCUT2D eigenvalue weighted by atomic mass is 9.68. The molecule has 73 heavy (non-hydrogen) atoms. The molecule has 1 aliphatic carbocycles. The van der Waals surface area contributed by atoms with Crippen LogP contribution in [-0.2, 0) is 51.1 Å². The smallest absolute Gasteiger partial charge is 0.189 e. The Balaban J connectivity index is 1.09. The molecule has 0 radical (unpaired) electrons. The minimum atomic E-state index is -0.709. The van der Waals surface area contributed by atoms with Gasteiger partial charge < -0.3 is 33.6 Å². The topological polar surface area (TPSA) is 112 Å². The zero-order chi connectivity index (χ0) is 51.2. The van der Waals surface area contributed by atoms with Gasteiger partial charge in [0.15, 0.2) is 5.16 Å². The molecule has 1 spiro atoms. The Kier molecular flexibility index (Phi) is 15.4. The van der Waals surface area contributed by atoms with Crippen molar-refractivity contribution in [1.29, 1.82) is 5.26 Å². The molecule has 9 rings (SSSR count). The number of anilines is 3. The van der Waals surface area contributed by atoms with Crippen LogP contribution >= 0.6 is 11.8 Å². The van der Waals surface area contributed by atoms with E-state index >= 15 is 4.39 Å². The fourth-order valence-electron chi connectivity index (χ4n) is 10.7. The van der Waals surface area contributed by atoms with Crippen LogP contribution in [-0.4, -0.2) is 68.6 Å². The normalized spacial score (nSPS) is 15.4. The molecule has 0 saturated heterocycles. The maximum atomic E-state index is 17.1. The third kappa shape index (κ3) is 10.5. The summed E-state index contributed by atoms with van der Waals surface area (Å²) in [5.41, 5.74) is 8.94. The van der Waals surface area contributed by atoms with Crippen LogP contribution in [0.1, 0.15) is 81.6 Å². The minimum Gasteiger partial charge on any atom is -0.497 e. The minimum absolute atomic E-state index is 0.174. The summed E-state index contributed by atoms with van der Waals surface area (Å²) in [6, 6.07) is 40.4. The van der Waals surface area contributed by atoms with Crippen LogP contribution in [0.15, 0.2) is 127 Å². The van der Waals surface area contributed by atoms with Crippen LogP contribution < -0.4 is 33.6 Å². The zero-order valence-corrected chi connectivity index (χ0v) is 43.8. The molecular formula is C59H63FN8O4S. The first-order valence-electron chi connectivity index (χ1n) is 24.6. The van der Waals surface area contributed by atoms with Crippen molar-refractivity contribution in [2.75, 3.05) is 63.5 Å². The number of hydrogen-bond acceptors (Lipinski definition) is 13. The van der Waals surface area contributed by atoms with E-state index in [1.165, 1.54) is 11.8 Å². The quantitative estimate of drug-likeness (QED) is 0.0601. The zero-order valence-electron chi connectivity index (χ0n) is 43.0. The molecule has 2 aromatic heterocycles. The Bertz CT molecular complexity index is 2980. The number of rotatable bonds is 18. The summed E-state index contributed by atoms with van der Waals surface area (Å²) in [5, 5.41) is 12.1. The molecule has 0 amide bonds. The van der Waals surface area contributed by atoms with E-state index in [4.69, 9.17) is 33.9 Å². The number of benzene rings is 5. The predicted molar refractivity (Wildman–Crippen MR) is 288 cm³/mol. The first kappa shape index (κ1) is 50.6. The molecule has 14 heteroatoms. The van der Waals surface area contributed by atoms with Crippen molar-refractivity contribution in [1.82, 2.24) is 19.9 Å². The largest absolute Gasteiger partial charge is 0.497 e. The van der Waals surface area contributed by atoms with E-state index in [0.29, 0.717) is 67.5 Å². The summed E-state index contributed by atoms with van der Waals surface area (Å²) in [7, 11) is 10.9. The number of likely N-dealkylation sites (N-methyl/N-ethyl adjacent to an activating group) is 1. The second kappa shape index (κ2) is 22.2. The number of methoxy groups -OCH3 is 4. The Morgan fingerprint density at radius 2 is 1.23 bits per heavy atom. The summed E-state index contributed by atoms with van der Waals surface area (Å²) in [4.78, 5) is 24.6. The number of halogens is 1. The average molecular weight is 999 g/mol. The number of ether oxygens (including phenoxy) is 4. The lowest BCUT2D eigenvalue weighted by molar-refractivity contribution is 0.0716. The number of aromatic nitrogens is 3. The van der Waals surface area contributed by atoms with E-state index in [9.17, 15) is 5.26 Å². The number of thioether (sulfide) groups is 1. The van der Waals surface area contributed by atoms with Crippen LogP contribution in [0.2, 0.25) is 0 Å². The second-order valence-corrected chi connectivity index (χ2v) is 19.7. The Morgan fingerprint density at radius 3 is 1.71 bits per heavy atom. The van der Waals surface area contributed by atoms with Gasteiger partial charge in [-0.05, 0) is 134 Å². The van der Waals surface area contributed by atoms with E-state index in [0.717, 1.165) is 92.1 Å². The van der Waals surface area contributed by atoms with Gasteiger partial charge in [0.2, 0.25) is 0 Å². The fourth-order valence-corrected chi connectivity index (χ4v) is 11.0. The third-order valence-electron chi connectivity index (χ3n) is 14.7. The predicted octanol–water partition coefficient (Wildman–Crippen LogP) is 11.5. The summed E-state index contributed by atoms with van der Waals surface area (Å²) >= 11 is 1.50. The molecule has 0 bridgehead atoms. The number of fused-ring (bicyclic) bond motifs is 3. The monoisotopic (exact) mass is 998 g/mol. The van der Waals surface area contributed by atoms with Crippen LogP contribution in [0.4, 0.5) is 21.7 Å². The molecule has 2 aliphatic rings. The van der Waals surface area contributed by atoms with Crippen molar-refractivity contribution < 1.29 is 23.3 Å². The van der Waals surface area contributed by atoms with Crippen molar-refractivity contribution in [2.24, 2.45) is 0 Å². The fraction of sp³-hybridized carbons (Fsp3) is 0.322. The Morgan fingerprint density at radius 1 is 0.726 bits per heavy atom. The first-order chi connectivity index (χ1) is 35.5. The van der Waals surface area contributed by atoms with Crippen molar-refractivity contribution in [2.45, 2.75) is 82.1 Å². The van der Waals surface area contributed by atoms with Crippen molar-refractivity contribution in [3.8, 4) is 29.1 Å². The van der Waals surface area contributed by atoms with Gasteiger partial charge >= 0.3 is 0 Å². The van der Waals surface area contributed by atoms with Crippen LogP contribution in [0.3, 0.4) is 0 Å². The number of hydrogen-bond donors (Lipinski definition) is 0. The van der Waals surface area contributed by atoms with E-state index in [1.54, 1.807) is 34.5 Å². The molecule has 7 aromatic rings. The number of nitriles is 1. The summed E-state index contributed by atoms with van der Waals surface area (Å²) in [5.74, 6) is 4.51. The summed E-state index contributed by atoms with van der Waals surface area (Å²) in [6.45, 7) is 4.79. The Labute approximate surface area is 433 Å². The molecule has 0 saturated carbocycles. The maximum absolute atomic E-state index is 17.1. The van der Waals surface area contributed by atoms with Gasteiger partial charge in [0.05, 0.1) is 57.0 Å². The van der Waals surface area contributed by atoms with Gasteiger partial charge in [0, 0.05) is 63.5 Å². The molecule has 376 valence electrons. The molecule has 1 aliphatic heterocycles. The van der Waals surface area contributed by atoms with Gasteiger partial charge in [-0.25, -0.2) is 19.3 Å². The maximum Gasteiger partial charge on any atom is 0.189 e. The molecule has 0 N–H and O–H groups in total. The molecule has 0 fully saturated rings. The van der Waals surface area contributed by atoms with E-state index < -0.39 is 5.54 Å². The van der Waals surface area contributed by atoms with Crippen molar-refractivity contribution >= 4 is 29.1 Å². The van der Waals surface area contributed by atoms with Gasteiger partial charge in [0.25, 0.3) is 0 Å². The number of pyridine rings is 1. The summed E-state index contributed by atoms with van der Waals surface area (Å²) in [6.07, 6.45) is 6.40. The van der Waals surface area contributed by atoms with Gasteiger partial charge in [-0.15, -0.1) is 0 Å².